The maximum absolute atomic E-state index is 12.1. The number of aryl methyl sites for hydroxylation is 1. The third kappa shape index (κ3) is 3.90. The molecule has 0 aromatic heterocycles. The van der Waals surface area contributed by atoms with Crippen molar-refractivity contribution in [1.82, 2.24) is 4.72 Å². The van der Waals surface area contributed by atoms with E-state index in [4.69, 9.17) is 5.73 Å². The smallest absolute Gasteiger partial charge is 0.240 e. The first-order chi connectivity index (χ1) is 8.38. The standard InChI is InChI=1S/C12H20N2O2S2/c1-9-7-11(13)10(2)12(8-9)18(15,16)14-5-4-6-17-3/h7-8,14H,4-6,13H2,1-3H3. The number of hydrogen-bond acceptors (Lipinski definition) is 4. The van der Waals surface area contributed by atoms with Crippen LogP contribution in [0.1, 0.15) is 17.5 Å². The molecular formula is C12H20N2O2S2. The van der Waals surface area contributed by atoms with Crippen molar-refractivity contribution in [1.29, 1.82) is 0 Å². The number of hydrogen-bond donors (Lipinski definition) is 2. The van der Waals surface area contributed by atoms with Gasteiger partial charge < -0.3 is 5.73 Å². The number of sulfonamides is 1. The first kappa shape index (κ1) is 15.3. The zero-order valence-electron chi connectivity index (χ0n) is 11.0. The zero-order chi connectivity index (χ0) is 13.8. The van der Waals surface area contributed by atoms with E-state index in [2.05, 4.69) is 4.72 Å². The fourth-order valence-electron chi connectivity index (χ4n) is 1.63. The van der Waals surface area contributed by atoms with Gasteiger partial charge in [0.1, 0.15) is 0 Å². The van der Waals surface area contributed by atoms with Gasteiger partial charge in [-0.05, 0) is 55.5 Å². The van der Waals surface area contributed by atoms with Gasteiger partial charge in [0, 0.05) is 12.2 Å². The predicted molar refractivity (Wildman–Crippen MR) is 78.5 cm³/mol. The van der Waals surface area contributed by atoms with Gasteiger partial charge in [0.05, 0.1) is 4.90 Å². The molecule has 1 aromatic rings. The minimum atomic E-state index is -3.46. The van der Waals surface area contributed by atoms with Gasteiger partial charge in [0.2, 0.25) is 10.0 Å². The summed E-state index contributed by atoms with van der Waals surface area (Å²) in [5.41, 5.74) is 7.77. The Morgan fingerprint density at radius 2 is 2.00 bits per heavy atom. The fraction of sp³-hybridized carbons (Fsp3) is 0.500. The molecule has 1 rings (SSSR count). The fourth-order valence-corrected chi connectivity index (χ4v) is 3.50. The molecule has 0 heterocycles. The highest BCUT2D eigenvalue weighted by Gasteiger charge is 2.17. The number of nitrogen functional groups attached to an aromatic ring is 1. The van der Waals surface area contributed by atoms with E-state index in [9.17, 15) is 8.42 Å². The van der Waals surface area contributed by atoms with Crippen molar-refractivity contribution >= 4 is 27.5 Å². The molecule has 1 aromatic carbocycles. The molecule has 6 heteroatoms. The molecule has 0 fully saturated rings. The molecule has 0 aliphatic heterocycles. The average Bonchev–Trinajstić information content (AvgIpc) is 2.29. The Labute approximate surface area is 113 Å². The minimum absolute atomic E-state index is 0.282. The second kappa shape index (κ2) is 6.45. The van der Waals surface area contributed by atoms with Gasteiger partial charge in [-0.15, -0.1) is 0 Å². The molecule has 0 saturated heterocycles. The van der Waals surface area contributed by atoms with Crippen molar-refractivity contribution < 1.29 is 8.42 Å². The maximum Gasteiger partial charge on any atom is 0.240 e. The van der Waals surface area contributed by atoms with Gasteiger partial charge in [-0.25, -0.2) is 13.1 Å². The molecule has 102 valence electrons. The lowest BCUT2D eigenvalue weighted by Gasteiger charge is -2.12. The van der Waals surface area contributed by atoms with E-state index in [-0.39, 0.29) is 4.90 Å². The van der Waals surface area contributed by atoms with Crippen LogP contribution in [0.2, 0.25) is 0 Å². The highest BCUT2D eigenvalue weighted by molar-refractivity contribution is 7.98. The molecule has 3 N–H and O–H groups in total. The quantitative estimate of drug-likeness (QED) is 0.619. The molecule has 0 aliphatic rings. The first-order valence-corrected chi connectivity index (χ1v) is 8.61. The number of anilines is 1. The molecule has 0 radical (unpaired) electrons. The van der Waals surface area contributed by atoms with Crippen molar-refractivity contribution in [2.45, 2.75) is 25.2 Å². The summed E-state index contributed by atoms with van der Waals surface area (Å²) in [6.07, 6.45) is 2.82. The number of nitrogens with two attached hydrogens (primary N) is 1. The molecule has 4 nitrogen and oxygen atoms in total. The molecule has 0 atom stereocenters. The van der Waals surface area contributed by atoms with Crippen LogP contribution in [-0.2, 0) is 10.0 Å². The summed E-state index contributed by atoms with van der Waals surface area (Å²) >= 11 is 1.70. The lowest BCUT2D eigenvalue weighted by atomic mass is 10.1. The summed E-state index contributed by atoms with van der Waals surface area (Å²) in [6, 6.07) is 3.44. The molecule has 0 saturated carbocycles. The van der Waals surface area contributed by atoms with E-state index in [1.807, 2.05) is 13.2 Å². The minimum Gasteiger partial charge on any atom is -0.398 e. The zero-order valence-corrected chi connectivity index (χ0v) is 12.6. The van der Waals surface area contributed by atoms with Crippen LogP contribution in [-0.4, -0.2) is 27.0 Å². The van der Waals surface area contributed by atoms with Gasteiger partial charge in [-0.2, -0.15) is 11.8 Å². The van der Waals surface area contributed by atoms with Crippen LogP contribution in [0.4, 0.5) is 5.69 Å². The van der Waals surface area contributed by atoms with Crippen LogP contribution >= 0.6 is 11.8 Å². The number of benzene rings is 1. The molecular weight excluding hydrogens is 268 g/mol. The number of nitrogens with one attached hydrogen (secondary N) is 1. The van der Waals surface area contributed by atoms with Gasteiger partial charge >= 0.3 is 0 Å². The highest BCUT2D eigenvalue weighted by atomic mass is 32.2. The Hall–Kier alpha value is -0.720. The largest absolute Gasteiger partial charge is 0.398 e. The van der Waals surface area contributed by atoms with Crippen molar-refractivity contribution in [3.8, 4) is 0 Å². The molecule has 0 aliphatic carbocycles. The van der Waals surface area contributed by atoms with Crippen LogP contribution in [0, 0.1) is 13.8 Å². The summed E-state index contributed by atoms with van der Waals surface area (Å²) in [5, 5.41) is 0. The summed E-state index contributed by atoms with van der Waals surface area (Å²) in [4.78, 5) is 0.282. The van der Waals surface area contributed by atoms with Crippen LogP contribution in [0.3, 0.4) is 0 Å². The molecule has 0 bridgehead atoms. The van der Waals surface area contributed by atoms with Gasteiger partial charge in [0.15, 0.2) is 0 Å². The van der Waals surface area contributed by atoms with E-state index in [0.717, 1.165) is 17.7 Å². The van der Waals surface area contributed by atoms with E-state index in [1.165, 1.54) is 0 Å². The second-order valence-corrected chi connectivity index (χ2v) is 6.94. The van der Waals surface area contributed by atoms with Gasteiger partial charge in [-0.1, -0.05) is 0 Å². The van der Waals surface area contributed by atoms with E-state index < -0.39 is 10.0 Å². The average molecular weight is 288 g/mol. The van der Waals surface area contributed by atoms with Crippen LogP contribution in [0.25, 0.3) is 0 Å². The van der Waals surface area contributed by atoms with Crippen LogP contribution in [0.15, 0.2) is 17.0 Å². The summed E-state index contributed by atoms with van der Waals surface area (Å²) < 4.78 is 26.9. The molecule has 0 amide bonds. The van der Waals surface area contributed by atoms with Crippen molar-refractivity contribution in [2.24, 2.45) is 0 Å². The van der Waals surface area contributed by atoms with Crippen molar-refractivity contribution in [3.05, 3.63) is 23.3 Å². The Bertz CT molecular complexity index is 513. The topological polar surface area (TPSA) is 72.2 Å². The summed E-state index contributed by atoms with van der Waals surface area (Å²) in [5.74, 6) is 0.942. The first-order valence-electron chi connectivity index (χ1n) is 5.74. The summed E-state index contributed by atoms with van der Waals surface area (Å²) in [6.45, 7) is 4.02. The molecule has 18 heavy (non-hydrogen) atoms. The lowest BCUT2D eigenvalue weighted by molar-refractivity contribution is 0.580. The number of rotatable bonds is 6. The van der Waals surface area contributed by atoms with Crippen LogP contribution < -0.4 is 10.5 Å². The second-order valence-electron chi connectivity index (χ2n) is 4.22. The Morgan fingerprint density at radius 1 is 1.33 bits per heavy atom. The van der Waals surface area contributed by atoms with Gasteiger partial charge in [0.25, 0.3) is 0 Å². The van der Waals surface area contributed by atoms with E-state index in [0.29, 0.717) is 17.8 Å². The Kier molecular flexibility index (Phi) is 5.49. The normalized spacial score (nSPS) is 11.7. The lowest BCUT2D eigenvalue weighted by Crippen LogP contribution is -2.26. The van der Waals surface area contributed by atoms with E-state index >= 15 is 0 Å². The Morgan fingerprint density at radius 3 is 2.61 bits per heavy atom. The van der Waals surface area contributed by atoms with Crippen molar-refractivity contribution in [2.75, 3.05) is 24.3 Å². The third-order valence-corrected chi connectivity index (χ3v) is 4.94. The maximum atomic E-state index is 12.1. The monoisotopic (exact) mass is 288 g/mol. The third-order valence-electron chi connectivity index (χ3n) is 2.65. The van der Waals surface area contributed by atoms with Crippen molar-refractivity contribution in [3.63, 3.8) is 0 Å². The number of thioether (sulfide) groups is 1. The van der Waals surface area contributed by atoms with Crippen LogP contribution in [0.5, 0.6) is 0 Å². The van der Waals surface area contributed by atoms with E-state index in [1.54, 1.807) is 30.8 Å². The molecule has 0 unspecified atom stereocenters. The van der Waals surface area contributed by atoms with Gasteiger partial charge in [-0.3, -0.25) is 0 Å². The predicted octanol–water partition coefficient (Wildman–Crippen LogP) is 1.92. The SMILES string of the molecule is CSCCCNS(=O)(=O)c1cc(C)cc(N)c1C. The highest BCUT2D eigenvalue weighted by Crippen LogP contribution is 2.22. The Balaban J connectivity index is 2.91. The summed E-state index contributed by atoms with van der Waals surface area (Å²) in [7, 11) is -3.46. The molecule has 0 spiro atoms.